The summed E-state index contributed by atoms with van der Waals surface area (Å²) in [7, 11) is 0. The van der Waals surface area contributed by atoms with Gasteiger partial charge in [0, 0.05) is 18.0 Å². The molecule has 2 aromatic rings. The molecule has 2 atom stereocenters. The molecular weight excluding hydrogens is 239 g/mol. The van der Waals surface area contributed by atoms with Gasteiger partial charge in [-0.3, -0.25) is 0 Å². The van der Waals surface area contributed by atoms with Crippen molar-refractivity contribution in [2.75, 3.05) is 0 Å². The Labute approximate surface area is 113 Å². The minimum Gasteiger partial charge on any atom is -0.325 e. The van der Waals surface area contributed by atoms with E-state index in [-0.39, 0.29) is 5.82 Å². The van der Waals surface area contributed by atoms with E-state index >= 15 is 0 Å². The van der Waals surface area contributed by atoms with E-state index in [1.165, 1.54) is 24.4 Å². The number of hydrogen-bond donors (Lipinski definition) is 0. The molecule has 0 aliphatic carbocycles. The Morgan fingerprint density at radius 2 is 1.89 bits per heavy atom. The van der Waals surface area contributed by atoms with Crippen LogP contribution >= 0.6 is 0 Å². The van der Waals surface area contributed by atoms with Gasteiger partial charge in [0.25, 0.3) is 0 Å². The Hall–Kier alpha value is -1.64. The first-order valence-corrected chi connectivity index (χ1v) is 6.90. The summed E-state index contributed by atoms with van der Waals surface area (Å²) in [6.45, 7) is 6.57. The van der Waals surface area contributed by atoms with Crippen molar-refractivity contribution in [2.45, 2.75) is 39.7 Å². The molecule has 0 N–H and O–H groups in total. The smallest absolute Gasteiger partial charge is 0.123 e. The van der Waals surface area contributed by atoms with Crippen LogP contribution in [0.25, 0.3) is 11.3 Å². The maximum absolute atomic E-state index is 13.1. The van der Waals surface area contributed by atoms with Gasteiger partial charge in [-0.05, 0) is 50.5 Å². The quantitative estimate of drug-likeness (QED) is 0.751. The van der Waals surface area contributed by atoms with Crippen molar-refractivity contribution in [3.63, 3.8) is 0 Å². The van der Waals surface area contributed by atoms with Gasteiger partial charge in [0.2, 0.25) is 0 Å². The highest BCUT2D eigenvalue weighted by molar-refractivity contribution is 5.63. The van der Waals surface area contributed by atoms with Gasteiger partial charge in [0.1, 0.15) is 11.6 Å². The van der Waals surface area contributed by atoms with Crippen LogP contribution in [0, 0.1) is 18.7 Å². The number of rotatable bonds is 1. The summed E-state index contributed by atoms with van der Waals surface area (Å²) < 4.78 is 15.4. The number of halogens is 1. The van der Waals surface area contributed by atoms with Crippen LogP contribution in [0.5, 0.6) is 0 Å². The zero-order chi connectivity index (χ0) is 13.6. The molecule has 0 bridgehead atoms. The molecule has 1 aliphatic heterocycles. The van der Waals surface area contributed by atoms with Crippen molar-refractivity contribution >= 4 is 0 Å². The lowest BCUT2D eigenvalue weighted by Crippen LogP contribution is -2.21. The molecule has 0 amide bonds. The van der Waals surface area contributed by atoms with Crippen LogP contribution in [0.1, 0.15) is 37.8 Å². The Balaban J connectivity index is 2.14. The number of hydrogen-bond acceptors (Lipinski definition) is 1. The van der Waals surface area contributed by atoms with Gasteiger partial charge < -0.3 is 4.57 Å². The number of fused-ring (bicyclic) bond motifs is 1. The second kappa shape index (κ2) is 4.48. The lowest BCUT2D eigenvalue weighted by molar-refractivity contribution is 0.345. The van der Waals surface area contributed by atoms with E-state index < -0.39 is 0 Å². The average molecular weight is 258 g/mol. The summed E-state index contributed by atoms with van der Waals surface area (Å²) in [4.78, 5) is 4.72. The Morgan fingerprint density at radius 3 is 2.58 bits per heavy atom. The Kier molecular flexibility index (Phi) is 2.92. The zero-order valence-electron chi connectivity index (χ0n) is 11.7. The molecule has 0 spiro atoms. The molecule has 0 saturated carbocycles. The van der Waals surface area contributed by atoms with Crippen molar-refractivity contribution in [1.29, 1.82) is 0 Å². The fraction of sp³-hybridized carbons (Fsp3) is 0.438. The second-order valence-electron chi connectivity index (χ2n) is 5.73. The molecule has 2 nitrogen and oxygen atoms in total. The predicted molar refractivity (Wildman–Crippen MR) is 74.6 cm³/mol. The van der Waals surface area contributed by atoms with E-state index in [9.17, 15) is 4.39 Å². The van der Waals surface area contributed by atoms with E-state index in [0.717, 1.165) is 23.4 Å². The highest BCUT2D eigenvalue weighted by Gasteiger charge is 2.26. The molecule has 2 unspecified atom stereocenters. The summed E-state index contributed by atoms with van der Waals surface area (Å²) in [5.74, 6) is 1.66. The first-order valence-electron chi connectivity index (χ1n) is 6.90. The second-order valence-corrected chi connectivity index (χ2v) is 5.73. The van der Waals surface area contributed by atoms with Gasteiger partial charge in [0.15, 0.2) is 0 Å². The van der Waals surface area contributed by atoms with Crippen LogP contribution in [-0.2, 0) is 6.42 Å². The van der Waals surface area contributed by atoms with Crippen LogP contribution in [0.2, 0.25) is 0 Å². The number of aryl methyl sites for hydroxylation is 1. The molecule has 3 heteroatoms. The minimum absolute atomic E-state index is 0.193. The molecule has 19 heavy (non-hydrogen) atoms. The van der Waals surface area contributed by atoms with E-state index in [2.05, 4.69) is 18.4 Å². The largest absolute Gasteiger partial charge is 0.325 e. The van der Waals surface area contributed by atoms with Crippen LogP contribution < -0.4 is 0 Å². The van der Waals surface area contributed by atoms with Crippen LogP contribution in [-0.4, -0.2) is 9.55 Å². The van der Waals surface area contributed by atoms with Crippen molar-refractivity contribution in [2.24, 2.45) is 5.92 Å². The molecule has 100 valence electrons. The molecule has 1 aliphatic rings. The summed E-state index contributed by atoms with van der Waals surface area (Å²) >= 11 is 0. The fourth-order valence-electron chi connectivity index (χ4n) is 3.26. The third-order valence-corrected chi connectivity index (χ3v) is 3.99. The van der Waals surface area contributed by atoms with Gasteiger partial charge in [-0.1, -0.05) is 6.92 Å². The first-order chi connectivity index (χ1) is 9.06. The Bertz CT molecular complexity index is 598. The van der Waals surface area contributed by atoms with E-state index in [1.807, 2.05) is 19.1 Å². The number of aromatic nitrogens is 2. The van der Waals surface area contributed by atoms with Crippen molar-refractivity contribution in [1.82, 2.24) is 9.55 Å². The summed E-state index contributed by atoms with van der Waals surface area (Å²) in [6.07, 6.45) is 2.21. The molecule has 2 heterocycles. The van der Waals surface area contributed by atoms with Crippen molar-refractivity contribution in [3.05, 3.63) is 41.6 Å². The molecule has 0 fully saturated rings. The number of imidazole rings is 1. The molecule has 0 saturated heterocycles. The maximum Gasteiger partial charge on any atom is 0.123 e. The highest BCUT2D eigenvalue weighted by Crippen LogP contribution is 2.35. The van der Waals surface area contributed by atoms with Gasteiger partial charge in [0.05, 0.1) is 11.4 Å². The van der Waals surface area contributed by atoms with E-state index in [4.69, 9.17) is 4.98 Å². The molecule has 1 aromatic carbocycles. The van der Waals surface area contributed by atoms with Crippen LogP contribution in [0.3, 0.4) is 0 Å². The van der Waals surface area contributed by atoms with Crippen LogP contribution in [0.15, 0.2) is 24.3 Å². The maximum atomic E-state index is 13.1. The molecule has 3 rings (SSSR count). The van der Waals surface area contributed by atoms with Gasteiger partial charge in [-0.2, -0.15) is 0 Å². The molecule has 1 aromatic heterocycles. The lowest BCUT2D eigenvalue weighted by Gasteiger charge is -2.28. The van der Waals surface area contributed by atoms with Gasteiger partial charge in [-0.15, -0.1) is 0 Å². The third-order valence-electron chi connectivity index (χ3n) is 3.99. The van der Waals surface area contributed by atoms with Crippen molar-refractivity contribution in [3.8, 4) is 11.3 Å². The van der Waals surface area contributed by atoms with Gasteiger partial charge >= 0.3 is 0 Å². The van der Waals surface area contributed by atoms with E-state index in [0.29, 0.717) is 12.0 Å². The lowest BCUT2D eigenvalue weighted by atomic mass is 9.94. The predicted octanol–water partition coefficient (Wildman–Crippen LogP) is 4.14. The summed E-state index contributed by atoms with van der Waals surface area (Å²) in [5, 5.41) is 0. The van der Waals surface area contributed by atoms with Crippen molar-refractivity contribution < 1.29 is 4.39 Å². The van der Waals surface area contributed by atoms with Crippen LogP contribution in [0.4, 0.5) is 4.39 Å². The highest BCUT2D eigenvalue weighted by atomic mass is 19.1. The molecular formula is C16H19FN2. The molecule has 0 radical (unpaired) electrons. The monoisotopic (exact) mass is 258 g/mol. The minimum atomic E-state index is -0.193. The summed E-state index contributed by atoms with van der Waals surface area (Å²) in [6, 6.07) is 7.18. The van der Waals surface area contributed by atoms with E-state index in [1.54, 1.807) is 0 Å². The fourth-order valence-corrected chi connectivity index (χ4v) is 3.26. The number of benzene rings is 1. The zero-order valence-corrected chi connectivity index (χ0v) is 11.7. The topological polar surface area (TPSA) is 17.8 Å². The summed E-state index contributed by atoms with van der Waals surface area (Å²) in [5.41, 5.74) is 3.25. The third kappa shape index (κ3) is 2.07. The SMILES string of the molecule is Cc1nc2n(c1-c1ccc(F)cc1)C(C)CC(C)C2. The standard InChI is InChI=1S/C16H19FN2/c1-10-8-11(2)19-15(9-10)18-12(3)16(19)13-4-6-14(17)7-5-13/h4-7,10-11H,8-9H2,1-3H3. The average Bonchev–Trinajstić information content (AvgIpc) is 2.66. The number of nitrogens with zero attached hydrogens (tertiary/aromatic N) is 2. The van der Waals surface area contributed by atoms with Gasteiger partial charge in [-0.25, -0.2) is 9.37 Å². The first kappa shape index (κ1) is 12.4. The Morgan fingerprint density at radius 1 is 1.21 bits per heavy atom. The normalized spacial score (nSPS) is 22.3.